The summed E-state index contributed by atoms with van der Waals surface area (Å²) in [6.07, 6.45) is 2.46. The number of benzene rings is 1. The van der Waals surface area contributed by atoms with E-state index in [4.69, 9.17) is 14.6 Å². The molecule has 0 bridgehead atoms. The molecule has 1 N–H and O–H groups in total. The minimum absolute atomic E-state index is 0.270. The average molecular weight is 364 g/mol. The van der Waals surface area contributed by atoms with Crippen LogP contribution in [0, 0.1) is 0 Å². The topological polar surface area (TPSA) is 48.4 Å². The van der Waals surface area contributed by atoms with Crippen molar-refractivity contribution in [1.82, 2.24) is 14.7 Å². The number of ether oxygens (including phenoxy) is 2. The van der Waals surface area contributed by atoms with Crippen LogP contribution in [0.3, 0.4) is 0 Å². The summed E-state index contributed by atoms with van der Waals surface area (Å²) in [6.45, 7) is 8.69. The lowest BCUT2D eigenvalue weighted by molar-refractivity contribution is 0.0515. The maximum Gasteiger partial charge on any atom is 0.165 e. The molecule has 0 unspecified atom stereocenters. The smallest absolute Gasteiger partial charge is 0.165 e. The van der Waals surface area contributed by atoms with Crippen molar-refractivity contribution in [1.29, 1.82) is 0 Å². The number of rotatable bonds is 7. The van der Waals surface area contributed by atoms with Crippen molar-refractivity contribution < 1.29 is 14.6 Å². The standard InChI is InChI=1S/C20H33N3O3/c1-25-19-5-3-4-17(20(19)26-2)16-22-8-6-18(7-9-22)23-12-10-21(11-13-23)14-15-24/h3-5,18,24H,6-16H2,1-2H3. The van der Waals surface area contributed by atoms with E-state index in [1.807, 2.05) is 12.1 Å². The van der Waals surface area contributed by atoms with E-state index in [2.05, 4.69) is 20.8 Å². The maximum absolute atomic E-state index is 9.08. The van der Waals surface area contributed by atoms with Crippen molar-refractivity contribution in [3.8, 4) is 11.5 Å². The Morgan fingerprint density at radius 2 is 1.69 bits per heavy atom. The fourth-order valence-corrected chi connectivity index (χ4v) is 4.26. The molecule has 1 aromatic carbocycles. The van der Waals surface area contributed by atoms with E-state index >= 15 is 0 Å². The summed E-state index contributed by atoms with van der Waals surface area (Å²) in [4.78, 5) is 7.54. The molecule has 0 amide bonds. The van der Waals surface area contributed by atoms with Crippen LogP contribution in [-0.4, -0.2) is 92.5 Å². The number of piperidine rings is 1. The zero-order valence-corrected chi connectivity index (χ0v) is 16.2. The number of methoxy groups -OCH3 is 2. The molecule has 2 fully saturated rings. The molecule has 0 radical (unpaired) electrons. The summed E-state index contributed by atoms with van der Waals surface area (Å²) < 4.78 is 11.0. The molecule has 6 nitrogen and oxygen atoms in total. The lowest BCUT2D eigenvalue weighted by atomic mass is 10.0. The summed E-state index contributed by atoms with van der Waals surface area (Å²) in [5.41, 5.74) is 1.20. The quantitative estimate of drug-likeness (QED) is 0.788. The van der Waals surface area contributed by atoms with Crippen LogP contribution in [0.5, 0.6) is 11.5 Å². The van der Waals surface area contributed by atoms with Crippen LogP contribution < -0.4 is 9.47 Å². The van der Waals surface area contributed by atoms with Gasteiger partial charge in [-0.05, 0) is 32.0 Å². The van der Waals surface area contributed by atoms with E-state index < -0.39 is 0 Å². The first-order valence-electron chi connectivity index (χ1n) is 9.74. The van der Waals surface area contributed by atoms with Gasteiger partial charge in [0.1, 0.15) is 0 Å². The highest BCUT2D eigenvalue weighted by molar-refractivity contribution is 5.46. The monoisotopic (exact) mass is 363 g/mol. The lowest BCUT2D eigenvalue weighted by Gasteiger charge is -2.42. The van der Waals surface area contributed by atoms with Gasteiger partial charge in [0, 0.05) is 50.9 Å². The van der Waals surface area contributed by atoms with Crippen molar-refractivity contribution in [3.63, 3.8) is 0 Å². The molecule has 2 aliphatic heterocycles. The number of para-hydroxylation sites is 1. The van der Waals surface area contributed by atoms with Gasteiger partial charge in [-0.2, -0.15) is 0 Å². The average Bonchev–Trinajstić information content (AvgIpc) is 2.69. The molecule has 0 aliphatic carbocycles. The Labute approximate surface area is 157 Å². The van der Waals surface area contributed by atoms with Crippen LogP contribution >= 0.6 is 0 Å². The van der Waals surface area contributed by atoms with Crippen molar-refractivity contribution in [2.45, 2.75) is 25.4 Å². The number of aliphatic hydroxyl groups excluding tert-OH is 1. The van der Waals surface area contributed by atoms with Gasteiger partial charge in [-0.15, -0.1) is 0 Å². The van der Waals surface area contributed by atoms with Gasteiger partial charge in [-0.25, -0.2) is 0 Å². The molecule has 0 atom stereocenters. The second-order valence-electron chi connectivity index (χ2n) is 7.26. The first kappa shape index (κ1) is 19.4. The minimum atomic E-state index is 0.270. The molecule has 146 valence electrons. The third-order valence-electron chi connectivity index (χ3n) is 5.78. The Kier molecular flexibility index (Phi) is 7.14. The van der Waals surface area contributed by atoms with Crippen LogP contribution in [0.15, 0.2) is 18.2 Å². The SMILES string of the molecule is COc1cccc(CN2CCC(N3CCN(CCO)CC3)CC2)c1OC. The summed E-state index contributed by atoms with van der Waals surface area (Å²) in [5.74, 6) is 1.66. The Morgan fingerprint density at radius 1 is 0.962 bits per heavy atom. The number of β-amino-alcohol motifs (C(OH)–C–C–N with tert-alkyl or cyclic N) is 1. The molecule has 2 aliphatic rings. The first-order chi connectivity index (χ1) is 12.7. The van der Waals surface area contributed by atoms with E-state index in [1.165, 1.54) is 18.4 Å². The molecule has 3 rings (SSSR count). The fourth-order valence-electron chi connectivity index (χ4n) is 4.26. The molecule has 0 aromatic heterocycles. The molecular weight excluding hydrogens is 330 g/mol. The lowest BCUT2D eigenvalue weighted by Crippen LogP contribution is -2.53. The molecule has 2 heterocycles. The molecule has 0 spiro atoms. The summed E-state index contributed by atoms with van der Waals surface area (Å²) in [5, 5.41) is 9.08. The summed E-state index contributed by atoms with van der Waals surface area (Å²) in [7, 11) is 3.40. The number of nitrogens with zero attached hydrogens (tertiary/aromatic N) is 3. The van der Waals surface area contributed by atoms with Gasteiger partial charge in [-0.3, -0.25) is 14.7 Å². The fraction of sp³-hybridized carbons (Fsp3) is 0.700. The maximum atomic E-state index is 9.08. The second-order valence-corrected chi connectivity index (χ2v) is 7.26. The molecule has 26 heavy (non-hydrogen) atoms. The van der Waals surface area contributed by atoms with E-state index in [9.17, 15) is 0 Å². The molecule has 0 saturated carbocycles. The van der Waals surface area contributed by atoms with Gasteiger partial charge in [0.05, 0.1) is 20.8 Å². The number of piperazine rings is 1. The van der Waals surface area contributed by atoms with Gasteiger partial charge in [-0.1, -0.05) is 12.1 Å². The Bertz CT molecular complexity index is 553. The normalized spacial score (nSPS) is 21.0. The third-order valence-corrected chi connectivity index (χ3v) is 5.78. The van der Waals surface area contributed by atoms with Gasteiger partial charge in [0.2, 0.25) is 0 Å². The van der Waals surface area contributed by atoms with E-state index in [-0.39, 0.29) is 6.61 Å². The van der Waals surface area contributed by atoms with Crippen LogP contribution in [0.4, 0.5) is 0 Å². The molecular formula is C20H33N3O3. The zero-order valence-electron chi connectivity index (χ0n) is 16.2. The highest BCUT2D eigenvalue weighted by Gasteiger charge is 2.27. The van der Waals surface area contributed by atoms with Crippen molar-refractivity contribution >= 4 is 0 Å². The van der Waals surface area contributed by atoms with E-state index in [1.54, 1.807) is 14.2 Å². The van der Waals surface area contributed by atoms with Gasteiger partial charge in [0.25, 0.3) is 0 Å². The Balaban J connectivity index is 1.49. The molecule has 6 heteroatoms. The number of likely N-dealkylation sites (tertiary alicyclic amines) is 1. The zero-order chi connectivity index (χ0) is 18.4. The van der Waals surface area contributed by atoms with Crippen LogP contribution in [-0.2, 0) is 6.54 Å². The summed E-state index contributed by atoms with van der Waals surface area (Å²) in [6, 6.07) is 6.82. The third kappa shape index (κ3) is 4.68. The summed E-state index contributed by atoms with van der Waals surface area (Å²) >= 11 is 0. The van der Waals surface area contributed by atoms with Crippen LogP contribution in [0.25, 0.3) is 0 Å². The van der Waals surface area contributed by atoms with Gasteiger partial charge in [0.15, 0.2) is 11.5 Å². The first-order valence-corrected chi connectivity index (χ1v) is 9.74. The van der Waals surface area contributed by atoms with Crippen LogP contribution in [0.2, 0.25) is 0 Å². The van der Waals surface area contributed by atoms with E-state index in [0.29, 0.717) is 6.04 Å². The molecule has 1 aromatic rings. The number of hydrogen-bond acceptors (Lipinski definition) is 6. The molecule has 2 saturated heterocycles. The van der Waals surface area contributed by atoms with Crippen molar-refractivity contribution in [3.05, 3.63) is 23.8 Å². The second kappa shape index (κ2) is 9.55. The highest BCUT2D eigenvalue weighted by Crippen LogP contribution is 2.32. The number of aliphatic hydroxyl groups is 1. The Hall–Kier alpha value is -1.34. The van der Waals surface area contributed by atoms with Gasteiger partial charge >= 0.3 is 0 Å². The minimum Gasteiger partial charge on any atom is -0.493 e. The van der Waals surface area contributed by atoms with Gasteiger partial charge < -0.3 is 14.6 Å². The Morgan fingerprint density at radius 3 is 2.31 bits per heavy atom. The van der Waals surface area contributed by atoms with E-state index in [0.717, 1.165) is 63.9 Å². The van der Waals surface area contributed by atoms with Crippen LogP contribution in [0.1, 0.15) is 18.4 Å². The number of hydrogen-bond donors (Lipinski definition) is 1. The predicted octanol–water partition coefficient (Wildman–Crippen LogP) is 1.28. The van der Waals surface area contributed by atoms with Crippen molar-refractivity contribution in [2.75, 3.05) is 66.6 Å². The largest absolute Gasteiger partial charge is 0.493 e. The van der Waals surface area contributed by atoms with Crippen molar-refractivity contribution in [2.24, 2.45) is 0 Å². The highest BCUT2D eigenvalue weighted by atomic mass is 16.5. The predicted molar refractivity (Wildman–Crippen MR) is 103 cm³/mol.